The summed E-state index contributed by atoms with van der Waals surface area (Å²) >= 11 is 1.70. The molecule has 6 nitrogen and oxygen atoms in total. The molecule has 2 atom stereocenters. The highest BCUT2D eigenvalue weighted by atomic mass is 32.1. The van der Waals surface area contributed by atoms with Crippen LogP contribution in [0.3, 0.4) is 0 Å². The van der Waals surface area contributed by atoms with Gasteiger partial charge < -0.3 is 14.8 Å². The second-order valence-electron chi connectivity index (χ2n) is 5.55. The Hall–Kier alpha value is -2.09. The Morgan fingerprint density at radius 3 is 3.04 bits per heavy atom. The second-order valence-corrected chi connectivity index (χ2v) is 6.53. The van der Waals surface area contributed by atoms with Crippen LogP contribution in [0.4, 0.5) is 0 Å². The number of thiophene rings is 1. The average molecular weight is 331 g/mol. The highest BCUT2D eigenvalue weighted by Crippen LogP contribution is 2.32. The summed E-state index contributed by atoms with van der Waals surface area (Å²) in [6.07, 6.45) is 0.744. The predicted molar refractivity (Wildman–Crippen MR) is 86.1 cm³/mol. The lowest BCUT2D eigenvalue weighted by molar-refractivity contribution is -0.123. The molecule has 7 heteroatoms. The van der Waals surface area contributed by atoms with E-state index >= 15 is 0 Å². The number of hydrogen-bond acceptors (Lipinski definition) is 6. The molecule has 3 N–H and O–H groups in total. The summed E-state index contributed by atoms with van der Waals surface area (Å²) in [5, 5.41) is 5.01. The van der Waals surface area contributed by atoms with Crippen LogP contribution in [0.5, 0.6) is 11.5 Å². The molecule has 1 aromatic carbocycles. The molecule has 2 unspecified atom stereocenters. The van der Waals surface area contributed by atoms with E-state index in [1.54, 1.807) is 11.3 Å². The van der Waals surface area contributed by atoms with E-state index < -0.39 is 0 Å². The van der Waals surface area contributed by atoms with Gasteiger partial charge in [0.25, 0.3) is 0 Å². The van der Waals surface area contributed by atoms with Crippen molar-refractivity contribution in [1.29, 1.82) is 0 Å². The number of hydrogen-bond donors (Lipinski definition) is 3. The highest BCUT2D eigenvalue weighted by Gasteiger charge is 2.30. The number of amides is 1. The number of carbonyl (C=O) groups is 1. The van der Waals surface area contributed by atoms with Crippen molar-refractivity contribution in [3.05, 3.63) is 46.2 Å². The van der Waals surface area contributed by atoms with Crippen molar-refractivity contribution in [1.82, 2.24) is 16.2 Å². The molecule has 0 aliphatic carbocycles. The second kappa shape index (κ2) is 6.19. The number of benzene rings is 1. The van der Waals surface area contributed by atoms with Crippen molar-refractivity contribution < 1.29 is 14.3 Å². The minimum absolute atomic E-state index is 0.00535. The molecule has 0 bridgehead atoms. The van der Waals surface area contributed by atoms with Gasteiger partial charge in [-0.3, -0.25) is 4.79 Å². The van der Waals surface area contributed by atoms with Crippen LogP contribution in [0.15, 0.2) is 35.7 Å². The first kappa shape index (κ1) is 14.5. The van der Waals surface area contributed by atoms with Crippen LogP contribution < -0.4 is 25.6 Å². The van der Waals surface area contributed by atoms with Gasteiger partial charge in [-0.1, -0.05) is 12.1 Å². The van der Waals surface area contributed by atoms with Crippen LogP contribution in [0.1, 0.15) is 22.9 Å². The molecule has 1 amide bonds. The minimum atomic E-state index is -0.226. The molecule has 120 valence electrons. The summed E-state index contributed by atoms with van der Waals surface area (Å²) in [4.78, 5) is 13.5. The first-order chi connectivity index (χ1) is 11.3. The SMILES string of the molecule is O=C(NCc1ccc2c(c1)OCO2)C1CC(c2cccs2)NN1. The first-order valence-electron chi connectivity index (χ1n) is 7.50. The monoisotopic (exact) mass is 331 g/mol. The van der Waals surface area contributed by atoms with Gasteiger partial charge in [0.15, 0.2) is 11.5 Å². The van der Waals surface area contributed by atoms with Gasteiger partial charge >= 0.3 is 0 Å². The van der Waals surface area contributed by atoms with Crippen LogP contribution in [0, 0.1) is 0 Å². The lowest BCUT2D eigenvalue weighted by Crippen LogP contribution is -2.42. The Kier molecular flexibility index (Phi) is 3.90. The van der Waals surface area contributed by atoms with Gasteiger partial charge in [0, 0.05) is 11.4 Å². The lowest BCUT2D eigenvalue weighted by Gasteiger charge is -2.11. The van der Waals surface area contributed by atoms with Crippen molar-refractivity contribution in [2.24, 2.45) is 0 Å². The molecular formula is C16H17N3O3S. The van der Waals surface area contributed by atoms with Gasteiger partial charge in [0.1, 0.15) is 6.04 Å². The zero-order valence-electron chi connectivity index (χ0n) is 12.4. The van der Waals surface area contributed by atoms with Crippen molar-refractivity contribution in [2.45, 2.75) is 25.0 Å². The third-order valence-electron chi connectivity index (χ3n) is 4.01. The topological polar surface area (TPSA) is 71.6 Å². The van der Waals surface area contributed by atoms with Gasteiger partial charge in [0.05, 0.1) is 6.04 Å². The van der Waals surface area contributed by atoms with Crippen LogP contribution in [0.2, 0.25) is 0 Å². The Bertz CT molecular complexity index is 705. The maximum atomic E-state index is 12.3. The number of nitrogens with one attached hydrogen (secondary N) is 3. The van der Waals surface area contributed by atoms with Crippen molar-refractivity contribution in [2.75, 3.05) is 6.79 Å². The Balaban J connectivity index is 1.32. The summed E-state index contributed by atoms with van der Waals surface area (Å²) in [7, 11) is 0. The highest BCUT2D eigenvalue weighted by molar-refractivity contribution is 7.10. The van der Waals surface area contributed by atoms with E-state index in [1.807, 2.05) is 29.6 Å². The molecule has 4 rings (SSSR count). The van der Waals surface area contributed by atoms with E-state index in [9.17, 15) is 4.79 Å². The van der Waals surface area contributed by atoms with Crippen LogP contribution in [0.25, 0.3) is 0 Å². The van der Waals surface area contributed by atoms with Gasteiger partial charge in [-0.15, -0.1) is 11.3 Å². The van der Waals surface area contributed by atoms with E-state index in [4.69, 9.17) is 9.47 Å². The standard InChI is InChI=1S/C16H17N3O3S/c20-16(12-7-11(18-19-12)15-2-1-5-23-15)17-8-10-3-4-13-14(6-10)22-9-21-13/h1-6,11-12,18-19H,7-9H2,(H,17,20). The number of fused-ring (bicyclic) bond motifs is 1. The number of carbonyl (C=O) groups excluding carboxylic acids is 1. The Labute approximate surface area is 137 Å². The average Bonchev–Trinajstić information content (AvgIpc) is 3.32. The fourth-order valence-electron chi connectivity index (χ4n) is 2.77. The molecular weight excluding hydrogens is 314 g/mol. The van der Waals surface area contributed by atoms with Crippen LogP contribution in [-0.4, -0.2) is 18.7 Å². The summed E-state index contributed by atoms with van der Waals surface area (Å²) in [6, 6.07) is 9.77. The minimum Gasteiger partial charge on any atom is -0.454 e. The summed E-state index contributed by atoms with van der Waals surface area (Å²) in [5.74, 6) is 1.48. The van der Waals surface area contributed by atoms with E-state index in [0.717, 1.165) is 23.5 Å². The fourth-order valence-corrected chi connectivity index (χ4v) is 3.56. The Morgan fingerprint density at radius 1 is 1.26 bits per heavy atom. The molecule has 1 aromatic heterocycles. The van der Waals surface area contributed by atoms with Crippen molar-refractivity contribution >= 4 is 17.2 Å². The fraction of sp³-hybridized carbons (Fsp3) is 0.312. The maximum Gasteiger partial charge on any atom is 0.238 e. The normalized spacial score (nSPS) is 22.3. The van der Waals surface area contributed by atoms with Gasteiger partial charge in [-0.2, -0.15) is 0 Å². The molecule has 0 spiro atoms. The summed E-state index contributed by atoms with van der Waals surface area (Å²) in [5.41, 5.74) is 7.25. The van der Waals surface area contributed by atoms with E-state index in [-0.39, 0.29) is 24.8 Å². The number of rotatable bonds is 4. The first-order valence-corrected chi connectivity index (χ1v) is 8.38. The summed E-state index contributed by atoms with van der Waals surface area (Å²) in [6.45, 7) is 0.726. The molecule has 2 aromatic rings. The van der Waals surface area contributed by atoms with Crippen LogP contribution >= 0.6 is 11.3 Å². The van der Waals surface area contributed by atoms with Gasteiger partial charge in [-0.25, -0.2) is 10.9 Å². The molecule has 0 saturated carbocycles. The number of ether oxygens (including phenoxy) is 2. The maximum absolute atomic E-state index is 12.3. The van der Waals surface area contributed by atoms with E-state index in [1.165, 1.54) is 4.88 Å². The molecule has 2 aliphatic heterocycles. The lowest BCUT2D eigenvalue weighted by atomic mass is 10.1. The van der Waals surface area contributed by atoms with Crippen LogP contribution in [-0.2, 0) is 11.3 Å². The van der Waals surface area contributed by atoms with Gasteiger partial charge in [-0.05, 0) is 35.6 Å². The summed E-state index contributed by atoms with van der Waals surface area (Å²) < 4.78 is 10.6. The third-order valence-corrected chi connectivity index (χ3v) is 5.00. The Morgan fingerprint density at radius 2 is 2.17 bits per heavy atom. The molecule has 0 radical (unpaired) electrons. The number of hydrazine groups is 1. The quantitative estimate of drug-likeness (QED) is 0.795. The third kappa shape index (κ3) is 3.03. The smallest absolute Gasteiger partial charge is 0.238 e. The molecule has 1 fully saturated rings. The zero-order valence-corrected chi connectivity index (χ0v) is 13.2. The zero-order chi connectivity index (χ0) is 15.6. The molecule has 3 heterocycles. The molecule has 2 aliphatic rings. The van der Waals surface area contributed by atoms with Gasteiger partial charge in [0.2, 0.25) is 12.7 Å². The largest absolute Gasteiger partial charge is 0.454 e. The predicted octanol–water partition coefficient (Wildman–Crippen LogP) is 1.70. The van der Waals surface area contributed by atoms with E-state index in [0.29, 0.717) is 6.54 Å². The van der Waals surface area contributed by atoms with Crippen molar-refractivity contribution in [3.63, 3.8) is 0 Å². The van der Waals surface area contributed by atoms with E-state index in [2.05, 4.69) is 22.2 Å². The molecule has 23 heavy (non-hydrogen) atoms. The van der Waals surface area contributed by atoms with Crippen molar-refractivity contribution in [3.8, 4) is 11.5 Å². The molecule has 1 saturated heterocycles.